The van der Waals surface area contributed by atoms with Gasteiger partial charge in [-0.25, -0.2) is 0 Å². The van der Waals surface area contributed by atoms with Crippen molar-refractivity contribution < 1.29 is 23.7 Å². The summed E-state index contributed by atoms with van der Waals surface area (Å²) in [4.78, 5) is 14.7. The Balaban J connectivity index is 1.46. The number of nitrogens with one attached hydrogen (secondary N) is 2. The number of benzene rings is 2. The van der Waals surface area contributed by atoms with Crippen molar-refractivity contribution in [2.45, 2.75) is 57.3 Å². The molecule has 0 radical (unpaired) electrons. The number of carbonyl (C=O) groups is 1. The van der Waals surface area contributed by atoms with E-state index in [4.69, 9.17) is 18.9 Å². The maximum atomic E-state index is 12.4. The minimum Gasteiger partial charge on any atom is -0.497 e. The maximum absolute atomic E-state index is 12.4. The highest BCUT2D eigenvalue weighted by molar-refractivity contribution is 5.78. The van der Waals surface area contributed by atoms with Crippen molar-refractivity contribution in [3.05, 3.63) is 53.6 Å². The molecule has 2 N–H and O–H groups in total. The van der Waals surface area contributed by atoms with Crippen molar-refractivity contribution in [1.82, 2.24) is 10.6 Å². The van der Waals surface area contributed by atoms with E-state index in [2.05, 4.69) is 52.8 Å². The molecular weight excluding hydrogens is 494 g/mol. The lowest BCUT2D eigenvalue weighted by atomic mass is 9.81. The van der Waals surface area contributed by atoms with E-state index < -0.39 is 0 Å². The summed E-state index contributed by atoms with van der Waals surface area (Å²) in [6.07, 6.45) is 3.55. The normalized spacial score (nSPS) is 21.5. The summed E-state index contributed by atoms with van der Waals surface area (Å²) in [5.41, 5.74) is 3.51. The van der Waals surface area contributed by atoms with Crippen LogP contribution in [-0.2, 0) is 20.9 Å². The number of ether oxygens (including phenoxy) is 4. The van der Waals surface area contributed by atoms with Crippen LogP contribution in [-0.4, -0.2) is 72.2 Å². The van der Waals surface area contributed by atoms with Crippen LogP contribution in [0, 0.1) is 5.92 Å². The molecule has 1 fully saturated rings. The number of rotatable bonds is 13. The number of fused-ring (bicyclic) bond motifs is 1. The molecule has 0 bridgehead atoms. The number of carbonyl (C=O) groups excluding carboxylic acids is 1. The molecule has 1 saturated heterocycles. The molecule has 0 aromatic heterocycles. The van der Waals surface area contributed by atoms with Crippen LogP contribution >= 0.6 is 0 Å². The van der Waals surface area contributed by atoms with E-state index in [0.29, 0.717) is 13.2 Å². The standard InChI is InChI=1S/C31H45N3O5/c1-5-23(31(35)32-2)18-25-19-27(24-8-10-26(37-4)11-9-24)30(20-33-25)39-21-22-7-12-29-28(17-22)34(14-16-38-29)13-6-15-36-3/h7-12,17,23,25,27,30,33H,5-6,13-16,18-21H2,1-4H3,(H,32,35)/t23-,25-,27-,30+/m1/s1. The van der Waals surface area contributed by atoms with Gasteiger partial charge in [-0.1, -0.05) is 25.1 Å². The number of anilines is 1. The van der Waals surface area contributed by atoms with Gasteiger partial charge in [0.25, 0.3) is 0 Å². The molecule has 0 spiro atoms. The summed E-state index contributed by atoms with van der Waals surface area (Å²) >= 11 is 0. The smallest absolute Gasteiger partial charge is 0.222 e. The molecule has 214 valence electrons. The number of hydrogen-bond acceptors (Lipinski definition) is 7. The van der Waals surface area contributed by atoms with Crippen molar-refractivity contribution in [3.63, 3.8) is 0 Å². The number of hydrogen-bond donors (Lipinski definition) is 2. The molecule has 2 aromatic rings. The van der Waals surface area contributed by atoms with Crippen molar-refractivity contribution >= 4 is 11.6 Å². The van der Waals surface area contributed by atoms with E-state index in [1.807, 2.05) is 12.1 Å². The number of piperidine rings is 1. The summed E-state index contributed by atoms with van der Waals surface area (Å²) in [6, 6.07) is 15.0. The maximum Gasteiger partial charge on any atom is 0.222 e. The van der Waals surface area contributed by atoms with E-state index in [9.17, 15) is 4.79 Å². The molecule has 1 amide bonds. The van der Waals surface area contributed by atoms with E-state index in [1.54, 1.807) is 21.3 Å². The third kappa shape index (κ3) is 7.65. The Morgan fingerprint density at radius 3 is 2.74 bits per heavy atom. The first-order valence-corrected chi connectivity index (χ1v) is 14.3. The average Bonchev–Trinajstić information content (AvgIpc) is 2.99. The molecule has 2 aliphatic rings. The molecule has 2 aromatic carbocycles. The van der Waals surface area contributed by atoms with Gasteiger partial charge in [0.15, 0.2) is 0 Å². The summed E-state index contributed by atoms with van der Waals surface area (Å²) in [6.45, 7) is 6.62. The Morgan fingerprint density at radius 1 is 1.21 bits per heavy atom. The van der Waals surface area contributed by atoms with Crippen molar-refractivity contribution in [3.8, 4) is 11.5 Å². The Labute approximate surface area is 233 Å². The lowest BCUT2D eigenvalue weighted by Crippen LogP contribution is -2.48. The van der Waals surface area contributed by atoms with E-state index >= 15 is 0 Å². The van der Waals surface area contributed by atoms with Crippen LogP contribution in [0.5, 0.6) is 11.5 Å². The predicted octanol–water partition coefficient (Wildman–Crippen LogP) is 4.12. The van der Waals surface area contributed by atoms with E-state index in [1.165, 1.54) is 5.56 Å². The zero-order chi connectivity index (χ0) is 27.6. The molecule has 4 atom stereocenters. The van der Waals surface area contributed by atoms with Gasteiger partial charge in [0.1, 0.15) is 18.1 Å². The van der Waals surface area contributed by atoms with Crippen LogP contribution in [0.4, 0.5) is 5.69 Å². The molecule has 2 aliphatic heterocycles. The summed E-state index contributed by atoms with van der Waals surface area (Å²) in [5.74, 6) is 2.12. The highest BCUT2D eigenvalue weighted by Crippen LogP contribution is 2.36. The molecule has 8 heteroatoms. The lowest BCUT2D eigenvalue weighted by molar-refractivity contribution is -0.125. The first-order chi connectivity index (χ1) is 19.1. The Morgan fingerprint density at radius 2 is 2.03 bits per heavy atom. The fourth-order valence-electron chi connectivity index (χ4n) is 5.77. The lowest BCUT2D eigenvalue weighted by Gasteiger charge is -2.38. The SMILES string of the molecule is CC[C@H](C[C@@H]1C[C@H](c2ccc(OC)cc2)[C@@H](OCc2ccc3c(c2)N(CCCOC)CCO3)CN1)C(=O)NC. The molecular formula is C31H45N3O5. The van der Waals surface area contributed by atoms with E-state index in [-0.39, 0.29) is 29.9 Å². The third-order valence-electron chi connectivity index (χ3n) is 8.04. The Bertz CT molecular complexity index is 1050. The molecule has 0 saturated carbocycles. The molecule has 39 heavy (non-hydrogen) atoms. The van der Waals surface area contributed by atoms with Gasteiger partial charge in [-0.3, -0.25) is 4.79 Å². The van der Waals surface area contributed by atoms with Gasteiger partial charge >= 0.3 is 0 Å². The van der Waals surface area contributed by atoms with Gasteiger partial charge in [-0.05, 0) is 61.1 Å². The second-order valence-corrected chi connectivity index (χ2v) is 10.5. The summed E-state index contributed by atoms with van der Waals surface area (Å²) in [5, 5.41) is 6.51. The fraction of sp³-hybridized carbons (Fsp3) is 0.581. The largest absolute Gasteiger partial charge is 0.497 e. The number of methoxy groups -OCH3 is 2. The van der Waals surface area contributed by atoms with Crippen LogP contribution in [0.1, 0.15) is 49.7 Å². The van der Waals surface area contributed by atoms with Crippen molar-refractivity contribution in [2.24, 2.45) is 5.92 Å². The zero-order valence-electron chi connectivity index (χ0n) is 23.9. The topological polar surface area (TPSA) is 81.3 Å². The predicted molar refractivity (Wildman–Crippen MR) is 154 cm³/mol. The number of amides is 1. The van der Waals surface area contributed by atoms with Crippen LogP contribution in [0.3, 0.4) is 0 Å². The van der Waals surface area contributed by atoms with Crippen LogP contribution in [0.2, 0.25) is 0 Å². The zero-order valence-corrected chi connectivity index (χ0v) is 23.9. The highest BCUT2D eigenvalue weighted by Gasteiger charge is 2.34. The van der Waals surface area contributed by atoms with Crippen molar-refractivity contribution in [1.29, 1.82) is 0 Å². The molecule has 0 aliphatic carbocycles. The first kappa shape index (κ1) is 29.2. The van der Waals surface area contributed by atoms with E-state index in [0.717, 1.165) is 74.7 Å². The van der Waals surface area contributed by atoms with Gasteiger partial charge < -0.3 is 34.5 Å². The van der Waals surface area contributed by atoms with Gasteiger partial charge in [0.05, 0.1) is 32.1 Å². The minimum atomic E-state index is 0.00559. The van der Waals surface area contributed by atoms with Crippen molar-refractivity contribution in [2.75, 3.05) is 59.0 Å². The second kappa shape index (κ2) is 14.5. The second-order valence-electron chi connectivity index (χ2n) is 10.5. The highest BCUT2D eigenvalue weighted by atomic mass is 16.5. The quantitative estimate of drug-likeness (QED) is 0.371. The molecule has 8 nitrogen and oxygen atoms in total. The van der Waals surface area contributed by atoms with Crippen LogP contribution in [0.25, 0.3) is 0 Å². The number of nitrogens with zero attached hydrogens (tertiary/aromatic N) is 1. The molecule has 0 unspecified atom stereocenters. The first-order valence-electron chi connectivity index (χ1n) is 14.3. The fourth-order valence-corrected chi connectivity index (χ4v) is 5.77. The third-order valence-corrected chi connectivity index (χ3v) is 8.04. The van der Waals surface area contributed by atoms with Crippen LogP contribution in [0.15, 0.2) is 42.5 Å². The van der Waals surface area contributed by atoms with Gasteiger partial charge in [-0.2, -0.15) is 0 Å². The van der Waals surface area contributed by atoms with Crippen LogP contribution < -0.4 is 25.0 Å². The Hall–Kier alpha value is -2.81. The summed E-state index contributed by atoms with van der Waals surface area (Å²) in [7, 11) is 5.15. The average molecular weight is 540 g/mol. The monoisotopic (exact) mass is 539 g/mol. The molecule has 2 heterocycles. The van der Waals surface area contributed by atoms with Gasteiger partial charge in [0.2, 0.25) is 5.91 Å². The Kier molecular flexibility index (Phi) is 10.9. The minimum absolute atomic E-state index is 0.00559. The molecule has 4 rings (SSSR count). The summed E-state index contributed by atoms with van der Waals surface area (Å²) < 4.78 is 23.2. The van der Waals surface area contributed by atoms with Gasteiger partial charge in [-0.15, -0.1) is 0 Å². The van der Waals surface area contributed by atoms with Gasteiger partial charge in [0, 0.05) is 51.7 Å².